The summed E-state index contributed by atoms with van der Waals surface area (Å²) in [7, 11) is -2.89. The summed E-state index contributed by atoms with van der Waals surface area (Å²) in [6, 6.07) is 14.9. The van der Waals surface area contributed by atoms with E-state index in [-0.39, 0.29) is 39.8 Å². The molecule has 3 aromatic rings. The van der Waals surface area contributed by atoms with Crippen molar-refractivity contribution >= 4 is 62.3 Å². The van der Waals surface area contributed by atoms with Gasteiger partial charge in [-0.25, -0.2) is 8.42 Å². The number of hydrogen-bond acceptors (Lipinski definition) is 5. The molecule has 0 saturated heterocycles. The third-order valence-corrected chi connectivity index (χ3v) is 10.3. The fourth-order valence-corrected chi connectivity index (χ4v) is 6.92. The van der Waals surface area contributed by atoms with Crippen molar-refractivity contribution in [2.24, 2.45) is 0 Å². The maximum absolute atomic E-state index is 14.2. The van der Waals surface area contributed by atoms with Crippen LogP contribution in [0.3, 0.4) is 0 Å². The Labute approximate surface area is 267 Å². The summed E-state index contributed by atoms with van der Waals surface area (Å²) in [5, 5.41) is 3.94. The number of benzene rings is 3. The zero-order valence-electron chi connectivity index (χ0n) is 24.1. The van der Waals surface area contributed by atoms with Gasteiger partial charge in [0.1, 0.15) is 18.3 Å². The lowest BCUT2D eigenvalue weighted by Crippen LogP contribution is -2.52. The molecule has 1 fully saturated rings. The standard InChI is InChI=1S/C31H34Cl3N3O5S/c1-20-8-12-25(13-9-20)43(40,41)37(28-17-23(32)11-15-29(28)42-3)19-30(38)36(18-22-10-14-26(33)27(34)16-22)21(2)31(39)35-24-6-4-5-7-24/h8-17,21,24H,4-7,18-19H2,1-3H3,(H,35,39)/t21-/m0/s1. The number of sulfonamides is 1. The highest BCUT2D eigenvalue weighted by atomic mass is 35.5. The fraction of sp³-hybridized carbons (Fsp3) is 0.355. The fourth-order valence-electron chi connectivity index (χ4n) is 5.02. The van der Waals surface area contributed by atoms with Crippen molar-refractivity contribution in [2.45, 2.75) is 63.1 Å². The Morgan fingerprint density at radius 2 is 1.65 bits per heavy atom. The first kappa shape index (κ1) is 32.9. The minimum absolute atomic E-state index is 0.0138. The van der Waals surface area contributed by atoms with Gasteiger partial charge in [0.15, 0.2) is 0 Å². The zero-order valence-corrected chi connectivity index (χ0v) is 27.2. The van der Waals surface area contributed by atoms with Gasteiger partial charge in [0.05, 0.1) is 27.7 Å². The second-order valence-corrected chi connectivity index (χ2v) is 13.7. The van der Waals surface area contributed by atoms with Crippen LogP contribution in [0.4, 0.5) is 5.69 Å². The number of anilines is 1. The molecule has 8 nitrogen and oxygen atoms in total. The summed E-state index contributed by atoms with van der Waals surface area (Å²) in [6.45, 7) is 2.82. The quantitative estimate of drug-likeness (QED) is 0.248. The number of nitrogens with one attached hydrogen (secondary N) is 1. The van der Waals surface area contributed by atoms with E-state index >= 15 is 0 Å². The molecular weight excluding hydrogens is 633 g/mol. The predicted octanol–water partition coefficient (Wildman–Crippen LogP) is 6.64. The Bertz CT molecular complexity index is 1580. The van der Waals surface area contributed by atoms with Gasteiger partial charge in [0, 0.05) is 17.6 Å². The van der Waals surface area contributed by atoms with Crippen molar-refractivity contribution in [3.05, 3.63) is 86.9 Å². The summed E-state index contributed by atoms with van der Waals surface area (Å²) in [6.07, 6.45) is 3.80. The minimum atomic E-state index is -4.29. The molecule has 1 aliphatic carbocycles. The van der Waals surface area contributed by atoms with Gasteiger partial charge in [-0.1, -0.05) is 71.4 Å². The van der Waals surface area contributed by atoms with Gasteiger partial charge in [-0.3, -0.25) is 13.9 Å². The number of ether oxygens (including phenoxy) is 1. The van der Waals surface area contributed by atoms with Gasteiger partial charge in [0.25, 0.3) is 10.0 Å². The summed E-state index contributed by atoms with van der Waals surface area (Å²) in [5.74, 6) is -0.734. The number of nitrogens with zero attached hydrogens (tertiary/aromatic N) is 2. The van der Waals surface area contributed by atoms with Crippen molar-refractivity contribution in [1.29, 1.82) is 0 Å². The van der Waals surface area contributed by atoms with Gasteiger partial charge < -0.3 is 15.0 Å². The average molecular weight is 667 g/mol. The molecule has 0 unspecified atom stereocenters. The van der Waals surface area contributed by atoms with E-state index in [4.69, 9.17) is 39.5 Å². The lowest BCUT2D eigenvalue weighted by molar-refractivity contribution is -0.139. The molecule has 1 N–H and O–H groups in total. The van der Waals surface area contributed by atoms with Crippen LogP contribution in [0.1, 0.15) is 43.7 Å². The van der Waals surface area contributed by atoms with Crippen molar-refractivity contribution in [1.82, 2.24) is 10.2 Å². The topological polar surface area (TPSA) is 96.0 Å². The first-order chi connectivity index (χ1) is 20.4. The molecule has 0 bridgehead atoms. The number of amides is 2. The zero-order chi connectivity index (χ0) is 31.3. The first-order valence-corrected chi connectivity index (χ1v) is 16.4. The van der Waals surface area contributed by atoms with Crippen LogP contribution in [0.2, 0.25) is 15.1 Å². The molecule has 0 spiro atoms. The molecule has 4 rings (SSSR count). The Kier molecular flexibility index (Phi) is 10.9. The Balaban J connectivity index is 1.75. The number of hydrogen-bond donors (Lipinski definition) is 1. The monoisotopic (exact) mass is 665 g/mol. The highest BCUT2D eigenvalue weighted by molar-refractivity contribution is 7.92. The smallest absolute Gasteiger partial charge is 0.264 e. The third-order valence-electron chi connectivity index (χ3n) is 7.50. The Hall–Kier alpha value is -2.98. The van der Waals surface area contributed by atoms with E-state index in [1.165, 1.54) is 36.3 Å². The maximum Gasteiger partial charge on any atom is 0.264 e. The molecule has 0 aromatic heterocycles. The van der Waals surface area contributed by atoms with Crippen molar-refractivity contribution < 1.29 is 22.7 Å². The number of aryl methyl sites for hydroxylation is 1. The van der Waals surface area contributed by atoms with E-state index in [0.29, 0.717) is 15.6 Å². The van der Waals surface area contributed by atoms with E-state index in [0.717, 1.165) is 35.6 Å². The van der Waals surface area contributed by atoms with Gasteiger partial charge in [0.2, 0.25) is 11.8 Å². The van der Waals surface area contributed by atoms with Gasteiger partial charge in [-0.2, -0.15) is 0 Å². The molecule has 1 aliphatic rings. The molecule has 0 aliphatic heterocycles. The number of methoxy groups -OCH3 is 1. The lowest BCUT2D eigenvalue weighted by Gasteiger charge is -2.33. The number of carbonyl (C=O) groups is 2. The minimum Gasteiger partial charge on any atom is -0.495 e. The highest BCUT2D eigenvalue weighted by Gasteiger charge is 2.34. The molecule has 0 radical (unpaired) electrons. The normalized spacial score (nSPS) is 14.3. The van der Waals surface area contributed by atoms with Crippen LogP contribution in [0.5, 0.6) is 5.75 Å². The van der Waals surface area contributed by atoms with Gasteiger partial charge in [-0.05, 0) is 74.7 Å². The van der Waals surface area contributed by atoms with E-state index < -0.39 is 28.5 Å². The average Bonchev–Trinajstić information content (AvgIpc) is 3.49. The van der Waals surface area contributed by atoms with Crippen LogP contribution in [0.15, 0.2) is 65.6 Å². The highest BCUT2D eigenvalue weighted by Crippen LogP contribution is 2.35. The molecular formula is C31H34Cl3N3O5S. The molecule has 1 saturated carbocycles. The Morgan fingerprint density at radius 3 is 2.28 bits per heavy atom. The lowest BCUT2D eigenvalue weighted by atomic mass is 10.1. The van der Waals surface area contributed by atoms with Crippen molar-refractivity contribution in [2.75, 3.05) is 18.0 Å². The van der Waals surface area contributed by atoms with Crippen molar-refractivity contribution in [3.8, 4) is 5.75 Å². The van der Waals surface area contributed by atoms with E-state index in [9.17, 15) is 18.0 Å². The van der Waals surface area contributed by atoms with Gasteiger partial charge in [-0.15, -0.1) is 0 Å². The largest absolute Gasteiger partial charge is 0.495 e. The number of halogens is 3. The van der Waals surface area contributed by atoms with Crippen LogP contribution >= 0.6 is 34.8 Å². The second-order valence-electron chi connectivity index (χ2n) is 10.6. The number of carbonyl (C=O) groups excluding carboxylic acids is 2. The second kappa shape index (κ2) is 14.2. The van der Waals surface area contributed by atoms with Crippen LogP contribution in [-0.2, 0) is 26.2 Å². The molecule has 0 heterocycles. The molecule has 3 aromatic carbocycles. The summed E-state index contributed by atoms with van der Waals surface area (Å²) >= 11 is 18.7. The molecule has 2 amide bonds. The first-order valence-electron chi connectivity index (χ1n) is 13.9. The Morgan fingerprint density at radius 1 is 0.977 bits per heavy atom. The van der Waals surface area contributed by atoms with Crippen LogP contribution in [-0.4, -0.2) is 50.9 Å². The van der Waals surface area contributed by atoms with E-state index in [1.807, 2.05) is 6.92 Å². The van der Waals surface area contributed by atoms with Crippen LogP contribution in [0, 0.1) is 6.92 Å². The number of rotatable bonds is 11. The van der Waals surface area contributed by atoms with Crippen molar-refractivity contribution in [3.63, 3.8) is 0 Å². The van der Waals surface area contributed by atoms with Gasteiger partial charge >= 0.3 is 0 Å². The SMILES string of the molecule is COc1ccc(Cl)cc1N(CC(=O)N(Cc1ccc(Cl)c(Cl)c1)[C@@H](C)C(=O)NC1CCCC1)S(=O)(=O)c1ccc(C)cc1. The molecule has 1 atom stereocenters. The van der Waals surface area contributed by atoms with Crippen LogP contribution < -0.4 is 14.4 Å². The van der Waals surface area contributed by atoms with Crippen LogP contribution in [0.25, 0.3) is 0 Å². The molecule has 12 heteroatoms. The van der Waals surface area contributed by atoms with E-state index in [1.54, 1.807) is 43.3 Å². The summed E-state index contributed by atoms with van der Waals surface area (Å²) in [4.78, 5) is 28.9. The molecule has 43 heavy (non-hydrogen) atoms. The predicted molar refractivity (Wildman–Crippen MR) is 171 cm³/mol. The summed E-state index contributed by atoms with van der Waals surface area (Å²) < 4.78 is 34.6. The molecule has 230 valence electrons. The summed E-state index contributed by atoms with van der Waals surface area (Å²) in [5.41, 5.74) is 1.58. The maximum atomic E-state index is 14.2. The van der Waals surface area contributed by atoms with E-state index in [2.05, 4.69) is 5.32 Å². The third kappa shape index (κ3) is 7.95.